The Kier molecular flexibility index (Phi) is 13.0. The third-order valence-corrected chi connectivity index (χ3v) is 11.7. The van der Waals surface area contributed by atoms with E-state index in [4.69, 9.17) is 23.7 Å². The first-order chi connectivity index (χ1) is 26.3. The number of aliphatic hydroxyl groups is 1. The largest absolute Gasteiger partial charge is 0.387 e. The fraction of sp³-hybridized carbons (Fsp3) is 0.362. The van der Waals surface area contributed by atoms with Crippen LogP contribution in [0, 0.1) is 27.7 Å². The van der Waals surface area contributed by atoms with E-state index in [1.54, 1.807) is 11.8 Å². The van der Waals surface area contributed by atoms with Crippen molar-refractivity contribution in [2.45, 2.75) is 102 Å². The molecular weight excluding hydrogens is 693 g/mol. The van der Waals surface area contributed by atoms with Crippen LogP contribution in [-0.2, 0) is 56.5 Å². The Morgan fingerprint density at radius 2 is 1.06 bits per heavy atom. The molecule has 5 aromatic carbocycles. The quantitative estimate of drug-likeness (QED) is 0.115. The summed E-state index contributed by atoms with van der Waals surface area (Å²) in [7, 11) is 0. The highest BCUT2D eigenvalue weighted by atomic mass is 32.2. The molecule has 7 atom stereocenters. The smallest absolute Gasteiger partial charge is 0.133 e. The Bertz CT molecular complexity index is 1980. The van der Waals surface area contributed by atoms with Gasteiger partial charge in [0.1, 0.15) is 29.9 Å². The van der Waals surface area contributed by atoms with Gasteiger partial charge in [0, 0.05) is 5.25 Å². The second-order valence-electron chi connectivity index (χ2n) is 14.9. The molecule has 54 heavy (non-hydrogen) atoms. The van der Waals surface area contributed by atoms with Gasteiger partial charge in [0.25, 0.3) is 0 Å². The van der Waals surface area contributed by atoms with Crippen molar-refractivity contribution in [1.29, 1.82) is 0 Å². The fourth-order valence-electron chi connectivity index (χ4n) is 7.60. The minimum Gasteiger partial charge on any atom is -0.387 e. The third kappa shape index (κ3) is 9.89. The first-order valence-corrected chi connectivity index (χ1v) is 19.9. The average molecular weight is 745 g/mol. The molecule has 1 heterocycles. The van der Waals surface area contributed by atoms with Crippen LogP contribution in [0.3, 0.4) is 0 Å². The molecule has 1 aliphatic carbocycles. The zero-order valence-corrected chi connectivity index (χ0v) is 32.5. The average Bonchev–Trinajstić information content (AvgIpc) is 3.47. The van der Waals surface area contributed by atoms with E-state index in [0.717, 1.165) is 34.2 Å². The Labute approximate surface area is 324 Å². The van der Waals surface area contributed by atoms with Crippen molar-refractivity contribution in [1.82, 2.24) is 0 Å². The summed E-state index contributed by atoms with van der Waals surface area (Å²) in [5.74, 6) is 0. The molecule has 1 aliphatic heterocycles. The van der Waals surface area contributed by atoms with E-state index >= 15 is 0 Å². The molecule has 0 unspecified atom stereocenters. The number of hydrogen-bond donors (Lipinski definition) is 1. The lowest BCUT2D eigenvalue weighted by Gasteiger charge is -2.46. The zero-order valence-electron chi connectivity index (χ0n) is 31.7. The molecule has 0 saturated carbocycles. The molecule has 7 rings (SSSR count). The van der Waals surface area contributed by atoms with E-state index in [2.05, 4.69) is 131 Å². The Hall–Kier alpha value is -3.79. The van der Waals surface area contributed by atoms with Crippen molar-refractivity contribution in [3.63, 3.8) is 0 Å². The van der Waals surface area contributed by atoms with E-state index < -0.39 is 36.0 Å². The molecule has 0 spiro atoms. The summed E-state index contributed by atoms with van der Waals surface area (Å²) in [4.78, 5) is 0. The van der Waals surface area contributed by atoms with Gasteiger partial charge in [0.2, 0.25) is 0 Å². The number of benzene rings is 5. The molecule has 1 fully saturated rings. The Morgan fingerprint density at radius 3 is 1.57 bits per heavy atom. The molecule has 7 heteroatoms. The topological polar surface area (TPSA) is 66.4 Å². The first kappa shape index (κ1) is 38.5. The molecule has 1 saturated heterocycles. The van der Waals surface area contributed by atoms with Crippen molar-refractivity contribution in [3.05, 3.63) is 177 Å². The molecule has 282 valence electrons. The summed E-state index contributed by atoms with van der Waals surface area (Å²) < 4.78 is 34.4. The first-order valence-electron chi connectivity index (χ1n) is 19.0. The van der Waals surface area contributed by atoms with Crippen LogP contribution in [0.25, 0.3) is 0 Å². The predicted molar refractivity (Wildman–Crippen MR) is 215 cm³/mol. The molecule has 1 N–H and O–H groups in total. The number of aliphatic hydroxyl groups excluding tert-OH is 1. The minimum atomic E-state index is -0.620. The number of hydrogen-bond acceptors (Lipinski definition) is 7. The van der Waals surface area contributed by atoms with Gasteiger partial charge in [-0.3, -0.25) is 0 Å². The molecule has 0 radical (unpaired) electrons. The highest BCUT2D eigenvalue weighted by molar-refractivity contribution is 8.00. The normalized spacial score (nSPS) is 23.7. The molecule has 0 aromatic heterocycles. The highest BCUT2D eigenvalue weighted by Gasteiger charge is 2.50. The number of aryl methyl sites for hydroxylation is 4. The lowest BCUT2D eigenvalue weighted by atomic mass is 9.98. The monoisotopic (exact) mass is 744 g/mol. The van der Waals surface area contributed by atoms with Crippen LogP contribution in [0.5, 0.6) is 0 Å². The van der Waals surface area contributed by atoms with Crippen LogP contribution in [0.2, 0.25) is 0 Å². The summed E-state index contributed by atoms with van der Waals surface area (Å²) in [6.07, 6.45) is -1.91. The van der Waals surface area contributed by atoms with Gasteiger partial charge < -0.3 is 28.8 Å². The van der Waals surface area contributed by atoms with Gasteiger partial charge >= 0.3 is 0 Å². The maximum Gasteiger partial charge on any atom is 0.133 e. The van der Waals surface area contributed by atoms with E-state index in [-0.39, 0.29) is 5.25 Å². The molecule has 5 aromatic rings. The number of rotatable bonds is 15. The van der Waals surface area contributed by atoms with Gasteiger partial charge in [-0.1, -0.05) is 144 Å². The Balaban J connectivity index is 1.22. The predicted octanol–water partition coefficient (Wildman–Crippen LogP) is 9.31. The third-order valence-electron chi connectivity index (χ3n) is 10.3. The SMILES string of the molecule is Cc1cccc(COC[C@H]2O[C@@H](S[C@@H]3Cc4ccccc4[C@@H]3O)[C@H](OCc3cccc(C)c3)[C@@H](OCc3cccc(C)c3)[C@@H]2OCc2cccc(C)c2)c1. The lowest BCUT2D eigenvalue weighted by molar-refractivity contribution is -0.254. The van der Waals surface area contributed by atoms with E-state index in [9.17, 15) is 5.11 Å². The van der Waals surface area contributed by atoms with Crippen LogP contribution < -0.4 is 0 Å². The fourth-order valence-corrected chi connectivity index (χ4v) is 9.11. The van der Waals surface area contributed by atoms with E-state index in [1.807, 2.05) is 18.2 Å². The second kappa shape index (κ2) is 18.2. The summed E-state index contributed by atoms with van der Waals surface area (Å²) >= 11 is 1.63. The van der Waals surface area contributed by atoms with Gasteiger partial charge in [0.05, 0.1) is 39.1 Å². The number of ether oxygens (including phenoxy) is 5. The highest BCUT2D eigenvalue weighted by Crippen LogP contribution is 2.44. The van der Waals surface area contributed by atoms with Crippen molar-refractivity contribution >= 4 is 11.8 Å². The van der Waals surface area contributed by atoms with Crippen molar-refractivity contribution in [2.24, 2.45) is 0 Å². The van der Waals surface area contributed by atoms with E-state index in [1.165, 1.54) is 27.8 Å². The van der Waals surface area contributed by atoms with Crippen LogP contribution in [0.4, 0.5) is 0 Å². The van der Waals surface area contributed by atoms with Gasteiger partial charge in [-0.15, -0.1) is 11.8 Å². The van der Waals surface area contributed by atoms with Crippen molar-refractivity contribution < 1.29 is 28.8 Å². The summed E-state index contributed by atoms with van der Waals surface area (Å²) in [5, 5.41) is 11.5. The van der Waals surface area contributed by atoms with Crippen molar-refractivity contribution in [2.75, 3.05) is 6.61 Å². The standard InChI is InChI=1S/C47H52O6S/c1-31-11-7-15-35(21-31)26-49-30-41-44(50-27-36-16-8-12-32(2)22-36)45(51-28-37-17-9-13-33(3)23-37)46(52-29-38-18-10-14-34(4)24-38)47(53-41)54-42-25-39-19-5-6-20-40(39)43(42)48/h5-24,41-48H,25-30H2,1-4H3/t41-,42-,43+,44-,45+,46-,47+/m1/s1. The molecule has 6 nitrogen and oxygen atoms in total. The molecule has 0 bridgehead atoms. The van der Waals surface area contributed by atoms with Crippen LogP contribution in [0.15, 0.2) is 121 Å². The molecule has 2 aliphatic rings. The number of fused-ring (bicyclic) bond motifs is 1. The van der Waals surface area contributed by atoms with Gasteiger partial charge in [-0.25, -0.2) is 0 Å². The molecule has 0 amide bonds. The minimum absolute atomic E-state index is 0.117. The number of thioether (sulfide) groups is 1. The van der Waals surface area contributed by atoms with Crippen LogP contribution in [-0.4, -0.2) is 46.8 Å². The summed E-state index contributed by atoms with van der Waals surface area (Å²) in [5.41, 5.74) is 10.7. The van der Waals surface area contributed by atoms with Gasteiger partial charge in [0.15, 0.2) is 0 Å². The van der Waals surface area contributed by atoms with Crippen LogP contribution in [0.1, 0.15) is 61.7 Å². The van der Waals surface area contributed by atoms with Gasteiger partial charge in [-0.05, 0) is 67.5 Å². The Morgan fingerprint density at radius 1 is 0.574 bits per heavy atom. The summed E-state index contributed by atoms with van der Waals surface area (Å²) in [6, 6.07) is 41.7. The van der Waals surface area contributed by atoms with Crippen molar-refractivity contribution in [3.8, 4) is 0 Å². The maximum atomic E-state index is 11.6. The maximum absolute atomic E-state index is 11.6. The van der Waals surface area contributed by atoms with Gasteiger partial charge in [-0.2, -0.15) is 0 Å². The summed E-state index contributed by atoms with van der Waals surface area (Å²) in [6.45, 7) is 10.3. The lowest BCUT2D eigenvalue weighted by Crippen LogP contribution is -2.60. The molecular formula is C47H52O6S. The zero-order chi connectivity index (χ0) is 37.4. The van der Waals surface area contributed by atoms with Crippen LogP contribution >= 0.6 is 11.8 Å². The second-order valence-corrected chi connectivity index (χ2v) is 16.2. The van der Waals surface area contributed by atoms with E-state index in [0.29, 0.717) is 33.0 Å².